The van der Waals surface area contributed by atoms with Crippen LogP contribution in [0.3, 0.4) is 0 Å². The first-order chi connectivity index (χ1) is 9.11. The zero-order chi connectivity index (χ0) is 13.6. The van der Waals surface area contributed by atoms with Gasteiger partial charge in [0, 0.05) is 6.42 Å². The van der Waals surface area contributed by atoms with Crippen LogP contribution in [-0.4, -0.2) is 48.5 Å². The van der Waals surface area contributed by atoms with Crippen LogP contribution in [0.15, 0.2) is 6.33 Å². The maximum Gasteiger partial charge on any atom is 0.207 e. The lowest BCUT2D eigenvalue weighted by molar-refractivity contribution is -0.0431. The largest absolute Gasteiger partial charge is 0.394 e. The molecule has 1 aliphatic rings. The third kappa shape index (κ3) is 1.93. The fourth-order valence-electron chi connectivity index (χ4n) is 2.19. The molecule has 3 heterocycles. The van der Waals surface area contributed by atoms with Crippen LogP contribution in [0.4, 0.5) is 5.82 Å². The number of imidazole rings is 1. The SMILES string of the molecule is Nc1ncnc2c1nc(Cl)n2[C@@H]1C[C@@H](O)[C@H](CO)O1. The van der Waals surface area contributed by atoms with E-state index in [1.165, 1.54) is 10.9 Å². The van der Waals surface area contributed by atoms with E-state index in [-0.39, 0.29) is 17.7 Å². The summed E-state index contributed by atoms with van der Waals surface area (Å²) in [6.45, 7) is -0.265. The molecule has 0 unspecified atom stereocenters. The van der Waals surface area contributed by atoms with Gasteiger partial charge in [-0.2, -0.15) is 0 Å². The molecule has 9 heteroatoms. The van der Waals surface area contributed by atoms with Crippen LogP contribution in [0.25, 0.3) is 11.2 Å². The number of aliphatic hydroxyl groups excluding tert-OH is 2. The number of rotatable bonds is 2. The van der Waals surface area contributed by atoms with Gasteiger partial charge in [0.1, 0.15) is 18.7 Å². The quantitative estimate of drug-likeness (QED) is 0.648. The summed E-state index contributed by atoms with van der Waals surface area (Å²) in [7, 11) is 0. The molecule has 19 heavy (non-hydrogen) atoms. The molecule has 2 aromatic heterocycles. The fourth-order valence-corrected chi connectivity index (χ4v) is 2.47. The normalized spacial score (nSPS) is 27.2. The molecule has 102 valence electrons. The average Bonchev–Trinajstić information content (AvgIpc) is 2.90. The first-order valence-corrected chi connectivity index (χ1v) is 6.08. The predicted molar refractivity (Wildman–Crippen MR) is 66.4 cm³/mol. The molecule has 0 spiro atoms. The Morgan fingerprint density at radius 3 is 3.00 bits per heavy atom. The Kier molecular flexibility index (Phi) is 3.02. The van der Waals surface area contributed by atoms with Gasteiger partial charge in [-0.05, 0) is 11.6 Å². The van der Waals surface area contributed by atoms with E-state index in [1.54, 1.807) is 0 Å². The Balaban J connectivity index is 2.06. The Morgan fingerprint density at radius 2 is 2.32 bits per heavy atom. The maximum atomic E-state index is 9.76. The van der Waals surface area contributed by atoms with E-state index in [9.17, 15) is 5.11 Å². The molecule has 0 aliphatic carbocycles. The van der Waals surface area contributed by atoms with Gasteiger partial charge in [-0.25, -0.2) is 15.0 Å². The molecule has 8 nitrogen and oxygen atoms in total. The van der Waals surface area contributed by atoms with Gasteiger partial charge in [0.2, 0.25) is 5.28 Å². The third-order valence-corrected chi connectivity index (χ3v) is 3.40. The van der Waals surface area contributed by atoms with E-state index in [1.807, 2.05) is 0 Å². The minimum absolute atomic E-state index is 0.151. The van der Waals surface area contributed by atoms with Crippen molar-refractivity contribution in [2.75, 3.05) is 12.3 Å². The van der Waals surface area contributed by atoms with Crippen molar-refractivity contribution in [2.45, 2.75) is 24.9 Å². The number of hydrogen-bond acceptors (Lipinski definition) is 7. The second-order valence-corrected chi connectivity index (χ2v) is 4.63. The number of hydrogen-bond donors (Lipinski definition) is 3. The summed E-state index contributed by atoms with van der Waals surface area (Å²) in [5.74, 6) is 0.225. The lowest BCUT2D eigenvalue weighted by atomic mass is 10.2. The molecular formula is C10H12ClN5O3. The summed E-state index contributed by atoms with van der Waals surface area (Å²) >= 11 is 6.06. The number of nitrogen functional groups attached to an aromatic ring is 1. The van der Waals surface area contributed by atoms with Crippen LogP contribution in [0.2, 0.25) is 5.28 Å². The van der Waals surface area contributed by atoms with E-state index in [0.717, 1.165) is 0 Å². The van der Waals surface area contributed by atoms with Crippen molar-refractivity contribution < 1.29 is 14.9 Å². The number of fused-ring (bicyclic) bond motifs is 1. The molecule has 0 aromatic carbocycles. The van der Waals surface area contributed by atoms with Crippen LogP contribution in [0, 0.1) is 0 Å². The molecule has 0 saturated carbocycles. The van der Waals surface area contributed by atoms with Gasteiger partial charge < -0.3 is 20.7 Å². The first kappa shape index (κ1) is 12.5. The summed E-state index contributed by atoms with van der Waals surface area (Å²) in [4.78, 5) is 12.0. The highest BCUT2D eigenvalue weighted by atomic mass is 35.5. The standard InChI is InChI=1S/C10H12ClN5O3/c11-10-15-7-8(12)13-3-14-9(7)16(10)6-1-4(18)5(2-17)19-6/h3-6,17-18H,1-2H2,(H2,12,13,14)/t4-,5+,6+/m1/s1. The summed E-state index contributed by atoms with van der Waals surface area (Å²) in [5.41, 5.74) is 6.53. The fraction of sp³-hybridized carbons (Fsp3) is 0.500. The summed E-state index contributed by atoms with van der Waals surface area (Å²) in [5, 5.41) is 19.0. The van der Waals surface area contributed by atoms with E-state index >= 15 is 0 Å². The van der Waals surface area contributed by atoms with Gasteiger partial charge in [0.05, 0.1) is 12.7 Å². The highest BCUT2D eigenvalue weighted by Crippen LogP contribution is 2.34. The molecule has 0 radical (unpaired) electrons. The minimum atomic E-state index is -0.761. The number of nitrogens with zero attached hydrogens (tertiary/aromatic N) is 4. The van der Waals surface area contributed by atoms with Crippen molar-refractivity contribution >= 4 is 28.6 Å². The molecule has 1 aliphatic heterocycles. The third-order valence-electron chi connectivity index (χ3n) is 3.13. The monoisotopic (exact) mass is 285 g/mol. The van der Waals surface area contributed by atoms with Crippen molar-refractivity contribution in [3.8, 4) is 0 Å². The Bertz CT molecular complexity index is 618. The number of anilines is 1. The molecular weight excluding hydrogens is 274 g/mol. The second-order valence-electron chi connectivity index (χ2n) is 4.30. The zero-order valence-corrected chi connectivity index (χ0v) is 10.5. The number of aliphatic hydroxyl groups is 2. The van der Waals surface area contributed by atoms with Crippen LogP contribution in [0.5, 0.6) is 0 Å². The summed E-state index contributed by atoms with van der Waals surface area (Å²) in [6.07, 6.45) is -0.346. The van der Waals surface area contributed by atoms with Gasteiger partial charge in [0.15, 0.2) is 17.0 Å². The predicted octanol–water partition coefficient (Wildman–Crippen LogP) is -0.297. The van der Waals surface area contributed by atoms with Crippen LogP contribution < -0.4 is 5.73 Å². The molecule has 1 fully saturated rings. The second kappa shape index (κ2) is 4.57. The average molecular weight is 286 g/mol. The molecule has 0 bridgehead atoms. The number of ether oxygens (including phenoxy) is 1. The zero-order valence-electron chi connectivity index (χ0n) is 9.77. The van der Waals surface area contributed by atoms with Gasteiger partial charge >= 0.3 is 0 Å². The Morgan fingerprint density at radius 1 is 1.53 bits per heavy atom. The van der Waals surface area contributed by atoms with Gasteiger partial charge in [-0.3, -0.25) is 4.57 Å². The molecule has 1 saturated heterocycles. The highest BCUT2D eigenvalue weighted by molar-refractivity contribution is 6.29. The Labute approximate surface area is 112 Å². The van der Waals surface area contributed by atoms with Crippen molar-refractivity contribution in [2.24, 2.45) is 0 Å². The molecule has 3 rings (SSSR count). The molecule has 2 aromatic rings. The van der Waals surface area contributed by atoms with Crippen molar-refractivity contribution in [1.29, 1.82) is 0 Å². The number of aromatic nitrogens is 4. The molecule has 4 N–H and O–H groups in total. The molecule has 0 amide bonds. The number of halogens is 1. The van der Waals surface area contributed by atoms with Crippen molar-refractivity contribution in [1.82, 2.24) is 19.5 Å². The highest BCUT2D eigenvalue weighted by Gasteiger charge is 2.36. The smallest absolute Gasteiger partial charge is 0.207 e. The van der Waals surface area contributed by atoms with Crippen molar-refractivity contribution in [3.63, 3.8) is 0 Å². The Hall–Kier alpha value is -1.48. The van der Waals surface area contributed by atoms with E-state index in [2.05, 4.69) is 15.0 Å². The van der Waals surface area contributed by atoms with Crippen LogP contribution >= 0.6 is 11.6 Å². The number of nitrogens with two attached hydrogens (primary N) is 1. The maximum absolute atomic E-state index is 9.76. The first-order valence-electron chi connectivity index (χ1n) is 5.70. The molecule has 3 atom stereocenters. The lowest BCUT2D eigenvalue weighted by Crippen LogP contribution is -2.24. The summed E-state index contributed by atoms with van der Waals surface area (Å²) in [6, 6.07) is 0. The van der Waals surface area contributed by atoms with E-state index in [0.29, 0.717) is 17.6 Å². The minimum Gasteiger partial charge on any atom is -0.394 e. The van der Waals surface area contributed by atoms with Gasteiger partial charge in [0.25, 0.3) is 0 Å². The summed E-state index contributed by atoms with van der Waals surface area (Å²) < 4.78 is 7.07. The van der Waals surface area contributed by atoms with Crippen LogP contribution in [0.1, 0.15) is 12.6 Å². The van der Waals surface area contributed by atoms with E-state index < -0.39 is 18.4 Å². The van der Waals surface area contributed by atoms with Gasteiger partial charge in [-0.15, -0.1) is 0 Å². The van der Waals surface area contributed by atoms with Crippen molar-refractivity contribution in [3.05, 3.63) is 11.6 Å². The van der Waals surface area contributed by atoms with E-state index in [4.69, 9.17) is 27.2 Å². The lowest BCUT2D eigenvalue weighted by Gasteiger charge is -2.14. The van der Waals surface area contributed by atoms with Gasteiger partial charge in [-0.1, -0.05) is 0 Å². The topological polar surface area (TPSA) is 119 Å². The van der Waals surface area contributed by atoms with Crippen LogP contribution in [-0.2, 0) is 4.74 Å².